The maximum absolute atomic E-state index is 14.0. The predicted octanol–water partition coefficient (Wildman–Crippen LogP) is 5.43. The van der Waals surface area contributed by atoms with E-state index in [1.54, 1.807) is 41.5 Å². The molecule has 2 aliphatic heterocycles. The molecule has 5 rings (SSSR count). The lowest BCUT2D eigenvalue weighted by molar-refractivity contribution is -0.126. The van der Waals surface area contributed by atoms with Gasteiger partial charge < -0.3 is 4.74 Å². The van der Waals surface area contributed by atoms with E-state index in [1.807, 2.05) is 37.3 Å². The van der Waals surface area contributed by atoms with Gasteiger partial charge >= 0.3 is 0 Å². The highest BCUT2D eigenvalue weighted by molar-refractivity contribution is 9.10. The summed E-state index contributed by atoms with van der Waals surface area (Å²) in [7, 11) is 0. The van der Waals surface area contributed by atoms with Crippen LogP contribution in [0.1, 0.15) is 24.9 Å². The van der Waals surface area contributed by atoms with Crippen molar-refractivity contribution in [2.24, 2.45) is 5.92 Å². The van der Waals surface area contributed by atoms with Crippen LogP contribution in [0.25, 0.3) is 0 Å². The SMILES string of the molecule is CCCOc1ccc(N2C(=O)[C@H]3[C@@H](c4ccc(F)c(Br)c4)N(c4ccccc4)O[C@H]3C2=O)cc1. The Labute approximate surface area is 205 Å². The third-order valence-corrected chi connectivity index (χ3v) is 6.59. The van der Waals surface area contributed by atoms with Crippen LogP contribution in [0.3, 0.4) is 0 Å². The number of carbonyl (C=O) groups excluding carboxylic acids is 2. The summed E-state index contributed by atoms with van der Waals surface area (Å²) >= 11 is 3.23. The van der Waals surface area contributed by atoms with Crippen LogP contribution in [0.4, 0.5) is 15.8 Å². The summed E-state index contributed by atoms with van der Waals surface area (Å²) in [6.45, 7) is 2.60. The summed E-state index contributed by atoms with van der Waals surface area (Å²) < 4.78 is 19.9. The van der Waals surface area contributed by atoms with Crippen LogP contribution in [0.15, 0.2) is 77.3 Å². The molecule has 0 spiro atoms. The first-order valence-electron chi connectivity index (χ1n) is 11.1. The van der Waals surface area contributed by atoms with Gasteiger partial charge in [0.15, 0.2) is 6.10 Å². The van der Waals surface area contributed by atoms with Crippen molar-refractivity contribution < 1.29 is 23.6 Å². The molecule has 0 aromatic heterocycles. The lowest BCUT2D eigenvalue weighted by Gasteiger charge is -2.29. The number of fused-ring (bicyclic) bond motifs is 1. The van der Waals surface area contributed by atoms with E-state index in [0.29, 0.717) is 29.3 Å². The van der Waals surface area contributed by atoms with Crippen LogP contribution in [0.2, 0.25) is 0 Å². The number of hydroxylamine groups is 1. The second kappa shape index (κ2) is 9.19. The van der Waals surface area contributed by atoms with Crippen LogP contribution in [0, 0.1) is 11.7 Å². The fourth-order valence-corrected chi connectivity index (χ4v) is 4.81. The minimum atomic E-state index is -0.988. The van der Waals surface area contributed by atoms with E-state index in [1.165, 1.54) is 11.0 Å². The van der Waals surface area contributed by atoms with Gasteiger partial charge in [-0.2, -0.15) is 0 Å². The Morgan fingerprint density at radius 1 is 0.971 bits per heavy atom. The molecule has 3 aromatic carbocycles. The monoisotopic (exact) mass is 524 g/mol. The number of hydrogen-bond donors (Lipinski definition) is 0. The van der Waals surface area contributed by atoms with Gasteiger partial charge in [-0.15, -0.1) is 0 Å². The number of benzene rings is 3. The summed E-state index contributed by atoms with van der Waals surface area (Å²) in [6.07, 6.45) is -0.109. The zero-order valence-electron chi connectivity index (χ0n) is 18.4. The maximum atomic E-state index is 14.0. The number of amides is 2. The summed E-state index contributed by atoms with van der Waals surface area (Å²) in [4.78, 5) is 34.3. The van der Waals surface area contributed by atoms with Gasteiger partial charge in [0.05, 0.1) is 28.5 Å². The van der Waals surface area contributed by atoms with E-state index in [4.69, 9.17) is 9.57 Å². The normalized spacial score (nSPS) is 21.8. The number of imide groups is 1. The third kappa shape index (κ3) is 3.86. The zero-order valence-corrected chi connectivity index (χ0v) is 19.9. The standard InChI is InChI=1S/C26H22BrFN2O4/c1-2-14-33-19-11-9-17(10-12-19)29-25(31)22-23(16-8-13-21(28)20(27)15-16)30(34-24(22)26(29)32)18-6-4-3-5-7-18/h3-13,15,22-24H,2,14H2,1H3/t22-,23+,24+/m0/s1. The molecule has 34 heavy (non-hydrogen) atoms. The molecule has 174 valence electrons. The molecule has 0 aliphatic carbocycles. The van der Waals surface area contributed by atoms with Crippen molar-refractivity contribution in [2.45, 2.75) is 25.5 Å². The highest BCUT2D eigenvalue weighted by Gasteiger charge is 2.60. The Kier molecular flexibility index (Phi) is 6.10. The van der Waals surface area contributed by atoms with Crippen molar-refractivity contribution in [3.8, 4) is 5.75 Å². The van der Waals surface area contributed by atoms with Gasteiger partial charge in [0.1, 0.15) is 17.5 Å². The molecule has 0 radical (unpaired) electrons. The molecule has 2 amide bonds. The Morgan fingerprint density at radius 2 is 1.71 bits per heavy atom. The second-order valence-electron chi connectivity index (χ2n) is 8.19. The molecule has 0 bridgehead atoms. The molecule has 2 aliphatic rings. The van der Waals surface area contributed by atoms with Gasteiger partial charge in [0.25, 0.3) is 5.91 Å². The fraction of sp³-hybridized carbons (Fsp3) is 0.231. The third-order valence-electron chi connectivity index (χ3n) is 5.98. The van der Waals surface area contributed by atoms with Crippen LogP contribution < -0.4 is 14.7 Å². The molecule has 0 saturated carbocycles. The van der Waals surface area contributed by atoms with Crippen molar-refractivity contribution in [1.82, 2.24) is 0 Å². The van der Waals surface area contributed by atoms with E-state index in [-0.39, 0.29) is 10.4 Å². The predicted molar refractivity (Wildman–Crippen MR) is 129 cm³/mol. The number of ether oxygens (including phenoxy) is 1. The largest absolute Gasteiger partial charge is 0.494 e. The molecule has 3 atom stereocenters. The van der Waals surface area contributed by atoms with Crippen molar-refractivity contribution in [3.05, 3.63) is 88.6 Å². The molecule has 2 saturated heterocycles. The Bertz CT molecular complexity index is 1220. The molecule has 8 heteroatoms. The number of para-hydroxylation sites is 1. The first-order chi connectivity index (χ1) is 16.5. The molecule has 2 heterocycles. The molecule has 2 fully saturated rings. The van der Waals surface area contributed by atoms with Crippen LogP contribution in [-0.4, -0.2) is 24.5 Å². The average Bonchev–Trinajstić information content (AvgIpc) is 3.36. The Hall–Kier alpha value is -3.23. The maximum Gasteiger partial charge on any atom is 0.266 e. The van der Waals surface area contributed by atoms with E-state index in [2.05, 4.69) is 15.9 Å². The minimum absolute atomic E-state index is 0.276. The number of halogens is 2. The second-order valence-corrected chi connectivity index (χ2v) is 9.04. The Balaban J connectivity index is 1.51. The number of carbonyl (C=O) groups is 2. The fourth-order valence-electron chi connectivity index (χ4n) is 4.41. The average molecular weight is 525 g/mol. The molecule has 0 unspecified atom stereocenters. The van der Waals surface area contributed by atoms with Gasteiger partial charge in [-0.25, -0.2) is 14.4 Å². The zero-order chi connectivity index (χ0) is 23.8. The van der Waals surface area contributed by atoms with Crippen molar-refractivity contribution >= 4 is 39.1 Å². The van der Waals surface area contributed by atoms with E-state index >= 15 is 0 Å². The lowest BCUT2D eigenvalue weighted by atomic mass is 9.90. The first kappa shape index (κ1) is 22.6. The van der Waals surface area contributed by atoms with E-state index < -0.39 is 29.8 Å². The van der Waals surface area contributed by atoms with Gasteiger partial charge in [0, 0.05) is 0 Å². The highest BCUT2D eigenvalue weighted by Crippen LogP contribution is 2.48. The summed E-state index contributed by atoms with van der Waals surface area (Å²) in [6, 6.07) is 20.1. The van der Waals surface area contributed by atoms with Crippen LogP contribution in [0.5, 0.6) is 5.75 Å². The van der Waals surface area contributed by atoms with E-state index in [0.717, 1.165) is 6.42 Å². The molecule has 3 aromatic rings. The number of anilines is 2. The smallest absolute Gasteiger partial charge is 0.266 e. The molecular formula is C26H22BrFN2O4. The lowest BCUT2D eigenvalue weighted by Crippen LogP contribution is -2.37. The number of nitrogens with zero attached hydrogens (tertiary/aromatic N) is 2. The van der Waals surface area contributed by atoms with Gasteiger partial charge in [-0.05, 0) is 76.4 Å². The Morgan fingerprint density at radius 3 is 2.38 bits per heavy atom. The highest BCUT2D eigenvalue weighted by atomic mass is 79.9. The van der Waals surface area contributed by atoms with Crippen molar-refractivity contribution in [1.29, 1.82) is 0 Å². The summed E-state index contributed by atoms with van der Waals surface area (Å²) in [5.41, 5.74) is 1.82. The number of rotatable bonds is 6. The minimum Gasteiger partial charge on any atom is -0.494 e. The van der Waals surface area contributed by atoms with Crippen LogP contribution in [-0.2, 0) is 14.4 Å². The first-order valence-corrected chi connectivity index (χ1v) is 11.9. The van der Waals surface area contributed by atoms with Gasteiger partial charge in [-0.3, -0.25) is 14.4 Å². The van der Waals surface area contributed by atoms with Gasteiger partial charge in [0.2, 0.25) is 5.91 Å². The number of hydrogen-bond acceptors (Lipinski definition) is 5. The molecule has 6 nitrogen and oxygen atoms in total. The summed E-state index contributed by atoms with van der Waals surface area (Å²) in [5, 5.41) is 1.59. The van der Waals surface area contributed by atoms with E-state index in [9.17, 15) is 14.0 Å². The molecule has 0 N–H and O–H groups in total. The molecular weight excluding hydrogens is 503 g/mol. The topological polar surface area (TPSA) is 59.1 Å². The van der Waals surface area contributed by atoms with Crippen molar-refractivity contribution in [3.63, 3.8) is 0 Å². The van der Waals surface area contributed by atoms with Crippen molar-refractivity contribution in [2.75, 3.05) is 16.6 Å². The quantitative estimate of drug-likeness (QED) is 0.402. The van der Waals surface area contributed by atoms with Crippen LogP contribution >= 0.6 is 15.9 Å². The van der Waals surface area contributed by atoms with Gasteiger partial charge in [-0.1, -0.05) is 31.2 Å². The summed E-state index contributed by atoms with van der Waals surface area (Å²) in [5.74, 6) is -1.32.